The minimum Gasteiger partial charge on any atom is -0.463 e. The Hall–Kier alpha value is -2.18. The van der Waals surface area contributed by atoms with Crippen molar-refractivity contribution in [2.45, 2.75) is 193 Å². The van der Waals surface area contributed by atoms with Crippen LogP contribution in [0.2, 0.25) is 0 Å². The number of allylic oxidation sites excluding steroid dienone is 7. The standard InChI is InChI=1S/C42H74O6/c1-3-5-6-7-8-9-10-11-12-13-16-19-22-25-28-31-35-41(45)47-37-40(44)38-48-42(46)36-32-29-26-23-20-17-14-15-18-21-24-27-30-34-39(43)33-4-2/h14,17-18,21,23,26-27,30,39-40,43-44H,3-13,15-16,19-20,22,24-25,28-29,31-38H2,1-2H3/b17-14-,21-18-,26-23-,30-27-/t39?,40-/m1/s1. The third-order valence-electron chi connectivity index (χ3n) is 8.37. The molecule has 0 saturated carbocycles. The first-order valence-electron chi connectivity index (χ1n) is 19.8. The van der Waals surface area contributed by atoms with Gasteiger partial charge in [-0.05, 0) is 51.4 Å². The fourth-order valence-electron chi connectivity index (χ4n) is 5.39. The van der Waals surface area contributed by atoms with Gasteiger partial charge in [-0.25, -0.2) is 0 Å². The van der Waals surface area contributed by atoms with Crippen molar-refractivity contribution in [1.82, 2.24) is 0 Å². The first-order chi connectivity index (χ1) is 23.5. The molecule has 0 radical (unpaired) electrons. The lowest BCUT2D eigenvalue weighted by Crippen LogP contribution is -2.25. The van der Waals surface area contributed by atoms with E-state index in [2.05, 4.69) is 62.5 Å². The number of hydrogen-bond acceptors (Lipinski definition) is 6. The summed E-state index contributed by atoms with van der Waals surface area (Å²) in [7, 11) is 0. The summed E-state index contributed by atoms with van der Waals surface area (Å²) in [5.74, 6) is -0.646. The molecule has 2 N–H and O–H groups in total. The van der Waals surface area contributed by atoms with E-state index in [1.54, 1.807) is 0 Å². The van der Waals surface area contributed by atoms with Crippen LogP contribution in [-0.4, -0.2) is 47.6 Å². The molecule has 0 fully saturated rings. The van der Waals surface area contributed by atoms with E-state index in [4.69, 9.17) is 9.47 Å². The van der Waals surface area contributed by atoms with Gasteiger partial charge in [-0.1, -0.05) is 165 Å². The molecule has 0 aliphatic rings. The summed E-state index contributed by atoms with van der Waals surface area (Å²) < 4.78 is 10.3. The van der Waals surface area contributed by atoms with Crippen LogP contribution >= 0.6 is 0 Å². The SMILES string of the molecule is CCCCCCCCCCCCCCCCCCC(=O)OC[C@@H](O)COC(=O)CCC/C=C\C/C=C\C/C=C\C/C=C\CC(O)CCC. The van der Waals surface area contributed by atoms with Gasteiger partial charge in [-0.2, -0.15) is 0 Å². The van der Waals surface area contributed by atoms with Crippen molar-refractivity contribution in [2.24, 2.45) is 0 Å². The van der Waals surface area contributed by atoms with Gasteiger partial charge in [0.1, 0.15) is 19.3 Å². The second-order valence-corrected chi connectivity index (χ2v) is 13.2. The predicted octanol–water partition coefficient (Wildman–Crippen LogP) is 11.2. The minimum absolute atomic E-state index is 0.141. The summed E-state index contributed by atoms with van der Waals surface area (Å²) in [5, 5.41) is 19.7. The van der Waals surface area contributed by atoms with Gasteiger partial charge in [0, 0.05) is 12.8 Å². The molecule has 0 aliphatic heterocycles. The van der Waals surface area contributed by atoms with Gasteiger partial charge in [0.05, 0.1) is 6.10 Å². The largest absolute Gasteiger partial charge is 0.463 e. The van der Waals surface area contributed by atoms with E-state index in [1.165, 1.54) is 83.5 Å². The average Bonchev–Trinajstić information content (AvgIpc) is 3.08. The molecule has 278 valence electrons. The van der Waals surface area contributed by atoms with Gasteiger partial charge in [0.2, 0.25) is 0 Å². The second kappa shape index (κ2) is 37.6. The van der Waals surface area contributed by atoms with Crippen LogP contribution < -0.4 is 0 Å². The summed E-state index contributed by atoms with van der Waals surface area (Å²) in [6.45, 7) is 4.06. The summed E-state index contributed by atoms with van der Waals surface area (Å²) in [6, 6.07) is 0. The number of unbranched alkanes of at least 4 members (excludes halogenated alkanes) is 16. The summed E-state index contributed by atoms with van der Waals surface area (Å²) in [6.07, 6.45) is 43.7. The number of esters is 2. The molecule has 1 unspecified atom stereocenters. The maximum Gasteiger partial charge on any atom is 0.305 e. The molecule has 0 aromatic carbocycles. The van der Waals surface area contributed by atoms with Crippen LogP contribution in [0.15, 0.2) is 48.6 Å². The highest BCUT2D eigenvalue weighted by molar-refractivity contribution is 5.69. The highest BCUT2D eigenvalue weighted by Crippen LogP contribution is 2.14. The number of ether oxygens (including phenoxy) is 2. The fourth-order valence-corrected chi connectivity index (χ4v) is 5.39. The van der Waals surface area contributed by atoms with Gasteiger partial charge in [-0.15, -0.1) is 0 Å². The van der Waals surface area contributed by atoms with Crippen molar-refractivity contribution in [1.29, 1.82) is 0 Å². The Kier molecular flexibility index (Phi) is 35.9. The smallest absolute Gasteiger partial charge is 0.305 e. The van der Waals surface area contributed by atoms with Crippen molar-refractivity contribution in [3.63, 3.8) is 0 Å². The van der Waals surface area contributed by atoms with Gasteiger partial charge >= 0.3 is 11.9 Å². The monoisotopic (exact) mass is 675 g/mol. The van der Waals surface area contributed by atoms with E-state index in [1.807, 2.05) is 0 Å². The molecule has 48 heavy (non-hydrogen) atoms. The lowest BCUT2D eigenvalue weighted by Gasteiger charge is -2.12. The Morgan fingerprint density at radius 1 is 0.479 bits per heavy atom. The Balaban J connectivity index is 3.55. The van der Waals surface area contributed by atoms with E-state index in [0.29, 0.717) is 19.3 Å². The highest BCUT2D eigenvalue weighted by atomic mass is 16.6. The fraction of sp³-hybridized carbons (Fsp3) is 0.762. The normalized spacial score (nSPS) is 13.3. The number of aliphatic hydroxyl groups is 2. The molecule has 0 saturated heterocycles. The Morgan fingerprint density at radius 3 is 1.33 bits per heavy atom. The van der Waals surface area contributed by atoms with Crippen LogP contribution in [0.1, 0.15) is 181 Å². The maximum absolute atomic E-state index is 12.0. The third-order valence-corrected chi connectivity index (χ3v) is 8.37. The van der Waals surface area contributed by atoms with Crippen LogP contribution in [-0.2, 0) is 19.1 Å². The van der Waals surface area contributed by atoms with Crippen LogP contribution in [0, 0.1) is 0 Å². The minimum atomic E-state index is -0.994. The van der Waals surface area contributed by atoms with Crippen molar-refractivity contribution in [3.05, 3.63) is 48.6 Å². The predicted molar refractivity (Wildman–Crippen MR) is 202 cm³/mol. The number of rotatable bonds is 35. The van der Waals surface area contributed by atoms with Crippen molar-refractivity contribution < 1.29 is 29.3 Å². The number of aliphatic hydroxyl groups excluding tert-OH is 2. The van der Waals surface area contributed by atoms with Crippen molar-refractivity contribution in [2.75, 3.05) is 13.2 Å². The first kappa shape index (κ1) is 45.8. The molecule has 0 spiro atoms. The molecular formula is C42H74O6. The Morgan fingerprint density at radius 2 is 0.875 bits per heavy atom. The summed E-state index contributed by atoms with van der Waals surface area (Å²) >= 11 is 0. The zero-order chi connectivity index (χ0) is 35.2. The number of carbonyl (C=O) groups excluding carboxylic acids is 2. The Bertz CT molecular complexity index is 830. The lowest BCUT2D eigenvalue weighted by molar-refractivity contribution is -0.152. The lowest BCUT2D eigenvalue weighted by atomic mass is 10.0. The van der Waals surface area contributed by atoms with Gasteiger partial charge < -0.3 is 19.7 Å². The van der Waals surface area contributed by atoms with E-state index in [-0.39, 0.29) is 31.3 Å². The molecule has 0 rings (SSSR count). The molecule has 0 aliphatic carbocycles. The zero-order valence-electron chi connectivity index (χ0n) is 31.1. The van der Waals surface area contributed by atoms with Gasteiger partial charge in [-0.3, -0.25) is 9.59 Å². The van der Waals surface area contributed by atoms with Crippen LogP contribution in [0.4, 0.5) is 0 Å². The van der Waals surface area contributed by atoms with Crippen molar-refractivity contribution >= 4 is 11.9 Å². The van der Waals surface area contributed by atoms with Gasteiger partial charge in [0.25, 0.3) is 0 Å². The van der Waals surface area contributed by atoms with E-state index >= 15 is 0 Å². The van der Waals surface area contributed by atoms with Crippen LogP contribution in [0.3, 0.4) is 0 Å². The third kappa shape index (κ3) is 36.7. The molecule has 0 heterocycles. The molecule has 0 bridgehead atoms. The van der Waals surface area contributed by atoms with E-state index in [0.717, 1.165) is 64.2 Å². The average molecular weight is 675 g/mol. The second-order valence-electron chi connectivity index (χ2n) is 13.2. The summed E-state index contributed by atoms with van der Waals surface area (Å²) in [5.41, 5.74) is 0. The first-order valence-corrected chi connectivity index (χ1v) is 19.8. The van der Waals surface area contributed by atoms with Crippen LogP contribution in [0.5, 0.6) is 0 Å². The molecule has 6 heteroatoms. The molecular weight excluding hydrogens is 600 g/mol. The van der Waals surface area contributed by atoms with E-state index in [9.17, 15) is 19.8 Å². The molecule has 2 atom stereocenters. The van der Waals surface area contributed by atoms with Crippen LogP contribution in [0.25, 0.3) is 0 Å². The molecule has 0 aromatic heterocycles. The topological polar surface area (TPSA) is 93.1 Å². The molecule has 0 amide bonds. The highest BCUT2D eigenvalue weighted by Gasteiger charge is 2.12. The number of hydrogen-bond donors (Lipinski definition) is 2. The maximum atomic E-state index is 12.0. The Labute approximate surface area is 295 Å². The van der Waals surface area contributed by atoms with E-state index < -0.39 is 6.10 Å². The van der Waals surface area contributed by atoms with Gasteiger partial charge in [0.15, 0.2) is 0 Å². The molecule has 6 nitrogen and oxygen atoms in total. The molecule has 0 aromatic rings. The number of carbonyl (C=O) groups is 2. The zero-order valence-corrected chi connectivity index (χ0v) is 31.1. The summed E-state index contributed by atoms with van der Waals surface area (Å²) in [4.78, 5) is 23.9. The van der Waals surface area contributed by atoms with Crippen molar-refractivity contribution in [3.8, 4) is 0 Å². The quantitative estimate of drug-likeness (QED) is 0.0395.